The first kappa shape index (κ1) is 15.7. The van der Waals surface area contributed by atoms with Crippen LogP contribution in [0.15, 0.2) is 47.4 Å². The lowest BCUT2D eigenvalue weighted by molar-refractivity contribution is 0.588. The van der Waals surface area contributed by atoms with Crippen LogP contribution in [0.5, 0.6) is 0 Å². The molecule has 3 nitrogen and oxygen atoms in total. The highest BCUT2D eigenvalue weighted by Gasteiger charge is 2.24. The molecule has 2 rings (SSSR count). The highest BCUT2D eigenvalue weighted by molar-refractivity contribution is 7.92. The van der Waals surface area contributed by atoms with Gasteiger partial charge in [-0.3, -0.25) is 4.31 Å². The Labute approximate surface area is 126 Å². The minimum absolute atomic E-state index is 0.0634. The highest BCUT2D eigenvalue weighted by Crippen LogP contribution is 2.26. The molecule has 0 aliphatic rings. The molecular formula is C14H12ClF2NO2S. The zero-order chi connectivity index (χ0) is 15.6. The average molecular weight is 332 g/mol. The smallest absolute Gasteiger partial charge is 0.264 e. The van der Waals surface area contributed by atoms with Crippen molar-refractivity contribution in [2.24, 2.45) is 0 Å². The van der Waals surface area contributed by atoms with E-state index in [1.807, 2.05) is 0 Å². The van der Waals surface area contributed by atoms with Crippen molar-refractivity contribution in [2.45, 2.75) is 10.8 Å². The van der Waals surface area contributed by atoms with Crippen molar-refractivity contribution in [3.05, 3.63) is 59.7 Å². The van der Waals surface area contributed by atoms with E-state index in [4.69, 9.17) is 11.6 Å². The number of sulfonamides is 1. The van der Waals surface area contributed by atoms with Crippen LogP contribution in [0.1, 0.15) is 5.56 Å². The van der Waals surface area contributed by atoms with Gasteiger partial charge in [0.25, 0.3) is 10.0 Å². The van der Waals surface area contributed by atoms with Crippen molar-refractivity contribution in [3.8, 4) is 0 Å². The number of rotatable bonds is 4. The van der Waals surface area contributed by atoms with Gasteiger partial charge in [0.2, 0.25) is 0 Å². The van der Waals surface area contributed by atoms with Gasteiger partial charge in [-0.2, -0.15) is 0 Å². The molecule has 2 aromatic rings. The van der Waals surface area contributed by atoms with Gasteiger partial charge in [-0.25, -0.2) is 17.2 Å². The second-order valence-corrected chi connectivity index (χ2v) is 6.54. The van der Waals surface area contributed by atoms with Gasteiger partial charge in [0, 0.05) is 12.9 Å². The van der Waals surface area contributed by atoms with Crippen LogP contribution in [-0.2, 0) is 15.9 Å². The van der Waals surface area contributed by atoms with Gasteiger partial charge in [-0.15, -0.1) is 11.6 Å². The molecule has 0 bridgehead atoms. The molecule has 0 aliphatic heterocycles. The van der Waals surface area contributed by atoms with Gasteiger partial charge in [-0.1, -0.05) is 6.07 Å². The standard InChI is InChI=1S/C14H12ClF2NO2S/c1-18(13-6-4-11(16)5-7-13)21(19,20)14-8-12(17)3-2-10(14)9-15/h2-8H,9H2,1H3. The van der Waals surface area contributed by atoms with Gasteiger partial charge in [0.15, 0.2) is 0 Å². The second kappa shape index (κ2) is 5.99. The Hall–Kier alpha value is -1.66. The number of halogens is 3. The fraction of sp³-hybridized carbons (Fsp3) is 0.143. The van der Waals surface area contributed by atoms with Crippen LogP contribution in [0.4, 0.5) is 14.5 Å². The molecule has 0 atom stereocenters. The molecule has 2 aromatic carbocycles. The largest absolute Gasteiger partial charge is 0.269 e. The third kappa shape index (κ3) is 3.16. The van der Waals surface area contributed by atoms with Gasteiger partial charge in [-0.05, 0) is 42.0 Å². The number of nitrogens with zero attached hydrogens (tertiary/aromatic N) is 1. The molecule has 0 spiro atoms. The Morgan fingerprint density at radius 2 is 1.62 bits per heavy atom. The van der Waals surface area contributed by atoms with E-state index in [-0.39, 0.29) is 16.5 Å². The lowest BCUT2D eigenvalue weighted by Gasteiger charge is -2.21. The molecular weight excluding hydrogens is 320 g/mol. The first-order chi connectivity index (χ1) is 9.86. The molecule has 0 radical (unpaired) electrons. The van der Waals surface area contributed by atoms with Crippen molar-refractivity contribution in [1.82, 2.24) is 0 Å². The molecule has 0 fully saturated rings. The van der Waals surface area contributed by atoms with Crippen LogP contribution in [0.25, 0.3) is 0 Å². The third-order valence-corrected chi connectivity index (χ3v) is 5.16. The molecule has 0 unspecified atom stereocenters. The summed E-state index contributed by atoms with van der Waals surface area (Å²) in [6, 6.07) is 8.35. The summed E-state index contributed by atoms with van der Waals surface area (Å²) in [7, 11) is -2.67. The Balaban J connectivity index is 2.51. The van der Waals surface area contributed by atoms with E-state index in [1.54, 1.807) is 0 Å². The summed E-state index contributed by atoms with van der Waals surface area (Å²) in [6.45, 7) is 0. The van der Waals surface area contributed by atoms with Crippen molar-refractivity contribution >= 4 is 27.3 Å². The summed E-state index contributed by atoms with van der Waals surface area (Å²) in [5.41, 5.74) is 0.563. The first-order valence-electron chi connectivity index (χ1n) is 5.95. The van der Waals surface area contributed by atoms with Crippen molar-refractivity contribution in [2.75, 3.05) is 11.4 Å². The molecule has 0 aromatic heterocycles. The Kier molecular flexibility index (Phi) is 4.49. The first-order valence-corrected chi connectivity index (χ1v) is 7.92. The summed E-state index contributed by atoms with van der Waals surface area (Å²) in [4.78, 5) is -0.204. The van der Waals surface area contributed by atoms with Crippen molar-refractivity contribution in [1.29, 1.82) is 0 Å². The zero-order valence-electron chi connectivity index (χ0n) is 11.1. The van der Waals surface area contributed by atoms with E-state index in [0.29, 0.717) is 5.56 Å². The van der Waals surface area contributed by atoms with Gasteiger partial charge in [0.1, 0.15) is 11.6 Å². The quantitative estimate of drug-likeness (QED) is 0.804. The minimum atomic E-state index is -3.98. The summed E-state index contributed by atoms with van der Waals surface area (Å²) in [5.74, 6) is -1.21. The average Bonchev–Trinajstić information content (AvgIpc) is 2.47. The minimum Gasteiger partial charge on any atom is -0.269 e. The summed E-state index contributed by atoms with van der Waals surface area (Å²) in [6.07, 6.45) is 0. The molecule has 0 N–H and O–H groups in total. The second-order valence-electron chi connectivity index (χ2n) is 4.33. The van der Waals surface area contributed by atoms with Crippen LogP contribution in [0.2, 0.25) is 0 Å². The van der Waals surface area contributed by atoms with Gasteiger partial charge >= 0.3 is 0 Å². The van der Waals surface area contributed by atoms with Crippen molar-refractivity contribution in [3.63, 3.8) is 0 Å². The molecule has 112 valence electrons. The van der Waals surface area contributed by atoms with E-state index in [1.165, 1.54) is 25.2 Å². The summed E-state index contributed by atoms with van der Waals surface area (Å²) in [5, 5.41) is 0. The fourth-order valence-corrected chi connectivity index (χ4v) is 3.56. The van der Waals surface area contributed by atoms with E-state index in [9.17, 15) is 17.2 Å². The fourth-order valence-electron chi connectivity index (χ4n) is 1.82. The number of anilines is 1. The zero-order valence-corrected chi connectivity index (χ0v) is 12.6. The van der Waals surface area contributed by atoms with Crippen LogP contribution in [0.3, 0.4) is 0 Å². The molecule has 0 amide bonds. The predicted octanol–water partition coefficient (Wildman–Crippen LogP) is 3.53. The maximum atomic E-state index is 13.4. The molecule has 0 saturated heterocycles. The third-order valence-electron chi connectivity index (χ3n) is 3.00. The number of benzene rings is 2. The van der Waals surface area contributed by atoms with Gasteiger partial charge < -0.3 is 0 Å². The number of hydrogen-bond acceptors (Lipinski definition) is 2. The molecule has 0 aliphatic carbocycles. The predicted molar refractivity (Wildman–Crippen MR) is 77.9 cm³/mol. The maximum Gasteiger partial charge on any atom is 0.264 e. The Bertz CT molecular complexity index is 748. The van der Waals surface area contributed by atoms with Crippen LogP contribution < -0.4 is 4.31 Å². The van der Waals surface area contributed by atoms with Crippen molar-refractivity contribution < 1.29 is 17.2 Å². The normalized spacial score (nSPS) is 11.4. The van der Waals surface area contributed by atoms with E-state index < -0.39 is 21.7 Å². The molecule has 7 heteroatoms. The molecule has 0 heterocycles. The maximum absolute atomic E-state index is 13.4. The summed E-state index contributed by atoms with van der Waals surface area (Å²) >= 11 is 5.71. The Morgan fingerprint density at radius 3 is 2.19 bits per heavy atom. The van der Waals surface area contributed by atoms with Crippen LogP contribution >= 0.6 is 11.6 Å². The van der Waals surface area contributed by atoms with E-state index in [0.717, 1.165) is 28.6 Å². The molecule has 0 saturated carbocycles. The summed E-state index contributed by atoms with van der Waals surface area (Å²) < 4.78 is 52.3. The van der Waals surface area contributed by atoms with Crippen LogP contribution in [-0.4, -0.2) is 15.5 Å². The number of alkyl halides is 1. The lowest BCUT2D eigenvalue weighted by Crippen LogP contribution is -2.27. The Morgan fingerprint density at radius 1 is 1.05 bits per heavy atom. The molecule has 21 heavy (non-hydrogen) atoms. The topological polar surface area (TPSA) is 37.4 Å². The lowest BCUT2D eigenvalue weighted by atomic mass is 10.2. The van der Waals surface area contributed by atoms with Crippen LogP contribution in [0, 0.1) is 11.6 Å². The monoisotopic (exact) mass is 331 g/mol. The van der Waals surface area contributed by atoms with E-state index >= 15 is 0 Å². The number of hydrogen-bond donors (Lipinski definition) is 0. The SMILES string of the molecule is CN(c1ccc(F)cc1)S(=O)(=O)c1cc(F)ccc1CCl. The highest BCUT2D eigenvalue weighted by atomic mass is 35.5. The van der Waals surface area contributed by atoms with E-state index in [2.05, 4.69) is 0 Å². The van der Waals surface area contributed by atoms with Gasteiger partial charge in [0.05, 0.1) is 10.6 Å².